The van der Waals surface area contributed by atoms with Crippen LogP contribution < -0.4 is 0 Å². The van der Waals surface area contributed by atoms with Crippen molar-refractivity contribution in [3.05, 3.63) is 35.7 Å². The third-order valence-electron chi connectivity index (χ3n) is 3.70. The Morgan fingerprint density at radius 3 is 2.55 bits per heavy atom. The molecule has 1 atom stereocenters. The first-order valence-corrected chi connectivity index (χ1v) is 6.96. The van der Waals surface area contributed by atoms with E-state index in [1.54, 1.807) is 0 Å². The molecule has 3 rings (SSSR count). The smallest absolute Gasteiger partial charge is 0.244 e. The SMILES string of the molecule is Cc1ccc(-c2noc([C@H](C)N3CCOCC3)n2)cc1. The lowest BCUT2D eigenvalue weighted by Gasteiger charge is -2.29. The molecule has 106 valence electrons. The Labute approximate surface area is 118 Å². The maximum absolute atomic E-state index is 5.42. The molecule has 1 saturated heterocycles. The number of benzene rings is 1. The second kappa shape index (κ2) is 5.73. The van der Waals surface area contributed by atoms with Gasteiger partial charge in [-0.15, -0.1) is 0 Å². The minimum Gasteiger partial charge on any atom is -0.379 e. The number of aromatic nitrogens is 2. The van der Waals surface area contributed by atoms with Crippen molar-refractivity contribution in [2.45, 2.75) is 19.9 Å². The minimum atomic E-state index is 0.130. The molecule has 20 heavy (non-hydrogen) atoms. The van der Waals surface area contributed by atoms with Gasteiger partial charge in [-0.3, -0.25) is 4.90 Å². The van der Waals surface area contributed by atoms with E-state index < -0.39 is 0 Å². The molecule has 1 aliphatic rings. The normalized spacial score (nSPS) is 18.1. The number of hydrogen-bond acceptors (Lipinski definition) is 5. The first-order chi connectivity index (χ1) is 9.74. The molecule has 0 amide bonds. The largest absolute Gasteiger partial charge is 0.379 e. The number of morpholine rings is 1. The highest BCUT2D eigenvalue weighted by atomic mass is 16.5. The van der Waals surface area contributed by atoms with Crippen molar-refractivity contribution in [2.75, 3.05) is 26.3 Å². The van der Waals surface area contributed by atoms with Crippen molar-refractivity contribution in [3.8, 4) is 11.4 Å². The Kier molecular flexibility index (Phi) is 3.80. The number of nitrogens with zero attached hydrogens (tertiary/aromatic N) is 3. The van der Waals surface area contributed by atoms with Crippen LogP contribution in [-0.2, 0) is 4.74 Å². The molecule has 1 aliphatic heterocycles. The van der Waals surface area contributed by atoms with Crippen LogP contribution in [0.5, 0.6) is 0 Å². The third-order valence-corrected chi connectivity index (χ3v) is 3.70. The van der Waals surface area contributed by atoms with E-state index in [9.17, 15) is 0 Å². The van der Waals surface area contributed by atoms with E-state index in [0.29, 0.717) is 11.7 Å². The molecular weight excluding hydrogens is 254 g/mol. The highest BCUT2D eigenvalue weighted by Crippen LogP contribution is 2.23. The molecule has 0 aliphatic carbocycles. The second-order valence-electron chi connectivity index (χ2n) is 5.15. The van der Waals surface area contributed by atoms with Gasteiger partial charge in [0.05, 0.1) is 19.3 Å². The summed E-state index contributed by atoms with van der Waals surface area (Å²) in [5.41, 5.74) is 2.21. The lowest BCUT2D eigenvalue weighted by molar-refractivity contribution is 0.0134. The van der Waals surface area contributed by atoms with Gasteiger partial charge in [-0.05, 0) is 13.8 Å². The molecule has 0 radical (unpaired) electrons. The monoisotopic (exact) mass is 273 g/mol. The van der Waals surface area contributed by atoms with Crippen LogP contribution in [0.4, 0.5) is 0 Å². The molecule has 1 fully saturated rings. The van der Waals surface area contributed by atoms with Crippen LogP contribution in [0.1, 0.15) is 24.4 Å². The van der Waals surface area contributed by atoms with Crippen molar-refractivity contribution in [2.24, 2.45) is 0 Å². The van der Waals surface area contributed by atoms with Crippen molar-refractivity contribution >= 4 is 0 Å². The Bertz CT molecular complexity index is 559. The molecule has 2 heterocycles. The fourth-order valence-electron chi connectivity index (χ4n) is 2.35. The summed E-state index contributed by atoms with van der Waals surface area (Å²) < 4.78 is 10.8. The quantitative estimate of drug-likeness (QED) is 0.859. The summed E-state index contributed by atoms with van der Waals surface area (Å²) in [6.07, 6.45) is 0. The van der Waals surface area contributed by atoms with Gasteiger partial charge >= 0.3 is 0 Å². The van der Waals surface area contributed by atoms with Gasteiger partial charge in [0.2, 0.25) is 11.7 Å². The summed E-state index contributed by atoms with van der Waals surface area (Å²) in [6.45, 7) is 7.50. The number of aryl methyl sites for hydroxylation is 1. The first kappa shape index (κ1) is 13.3. The average Bonchev–Trinajstić information content (AvgIpc) is 2.98. The van der Waals surface area contributed by atoms with E-state index in [1.165, 1.54) is 5.56 Å². The molecular formula is C15H19N3O2. The van der Waals surface area contributed by atoms with E-state index in [4.69, 9.17) is 9.26 Å². The molecule has 5 nitrogen and oxygen atoms in total. The maximum atomic E-state index is 5.42. The van der Waals surface area contributed by atoms with Gasteiger partial charge in [0.25, 0.3) is 0 Å². The zero-order chi connectivity index (χ0) is 13.9. The minimum absolute atomic E-state index is 0.130. The van der Waals surface area contributed by atoms with E-state index in [-0.39, 0.29) is 6.04 Å². The molecule has 0 unspecified atom stereocenters. The fourth-order valence-corrected chi connectivity index (χ4v) is 2.35. The number of rotatable bonds is 3. The maximum Gasteiger partial charge on any atom is 0.244 e. The predicted octanol–water partition coefficient (Wildman–Crippen LogP) is 2.44. The summed E-state index contributed by atoms with van der Waals surface area (Å²) >= 11 is 0. The van der Waals surface area contributed by atoms with Crippen molar-refractivity contribution in [1.29, 1.82) is 0 Å². The number of hydrogen-bond donors (Lipinski definition) is 0. The van der Waals surface area contributed by atoms with Crippen LogP contribution in [0.3, 0.4) is 0 Å². The van der Waals surface area contributed by atoms with Gasteiger partial charge in [-0.1, -0.05) is 35.0 Å². The lowest BCUT2D eigenvalue weighted by atomic mass is 10.1. The molecule has 2 aromatic rings. The predicted molar refractivity (Wildman–Crippen MR) is 75.3 cm³/mol. The van der Waals surface area contributed by atoms with Gasteiger partial charge < -0.3 is 9.26 Å². The summed E-state index contributed by atoms with van der Waals surface area (Å²) in [4.78, 5) is 6.83. The Morgan fingerprint density at radius 2 is 1.85 bits per heavy atom. The molecule has 1 aromatic carbocycles. The number of ether oxygens (including phenoxy) is 1. The van der Waals surface area contributed by atoms with E-state index in [1.807, 2.05) is 12.1 Å². The molecule has 0 N–H and O–H groups in total. The van der Waals surface area contributed by atoms with Crippen LogP contribution in [-0.4, -0.2) is 41.3 Å². The molecule has 0 bridgehead atoms. The Balaban J connectivity index is 1.77. The standard InChI is InChI=1S/C15H19N3O2/c1-11-3-5-13(6-4-11)14-16-15(20-17-14)12(2)18-7-9-19-10-8-18/h3-6,12H,7-10H2,1-2H3/t12-/m0/s1. The van der Waals surface area contributed by atoms with Crippen molar-refractivity contribution in [3.63, 3.8) is 0 Å². The van der Waals surface area contributed by atoms with Gasteiger partial charge in [0.1, 0.15) is 0 Å². The highest BCUT2D eigenvalue weighted by Gasteiger charge is 2.23. The first-order valence-electron chi connectivity index (χ1n) is 6.96. The molecule has 0 saturated carbocycles. The van der Waals surface area contributed by atoms with E-state index >= 15 is 0 Å². The summed E-state index contributed by atoms with van der Waals surface area (Å²) in [7, 11) is 0. The van der Waals surface area contributed by atoms with Gasteiger partial charge in [-0.25, -0.2) is 0 Å². The molecule has 5 heteroatoms. The van der Waals surface area contributed by atoms with Gasteiger partial charge in [-0.2, -0.15) is 4.98 Å². The van der Waals surface area contributed by atoms with Gasteiger partial charge in [0.15, 0.2) is 0 Å². The summed E-state index contributed by atoms with van der Waals surface area (Å²) in [6, 6.07) is 8.27. The summed E-state index contributed by atoms with van der Waals surface area (Å²) in [5.74, 6) is 1.32. The molecule has 1 aromatic heterocycles. The average molecular weight is 273 g/mol. The van der Waals surface area contributed by atoms with E-state index in [0.717, 1.165) is 31.9 Å². The van der Waals surface area contributed by atoms with Crippen LogP contribution in [0.15, 0.2) is 28.8 Å². The zero-order valence-corrected chi connectivity index (χ0v) is 11.9. The fraction of sp³-hybridized carbons (Fsp3) is 0.467. The van der Waals surface area contributed by atoms with Crippen LogP contribution in [0, 0.1) is 6.92 Å². The van der Waals surface area contributed by atoms with Crippen LogP contribution in [0.25, 0.3) is 11.4 Å². The van der Waals surface area contributed by atoms with E-state index in [2.05, 4.69) is 41.0 Å². The highest BCUT2D eigenvalue weighted by molar-refractivity contribution is 5.54. The van der Waals surface area contributed by atoms with Crippen molar-refractivity contribution < 1.29 is 9.26 Å². The second-order valence-corrected chi connectivity index (χ2v) is 5.15. The Hall–Kier alpha value is -1.72. The van der Waals surface area contributed by atoms with Crippen LogP contribution >= 0.6 is 0 Å². The van der Waals surface area contributed by atoms with Crippen molar-refractivity contribution in [1.82, 2.24) is 15.0 Å². The topological polar surface area (TPSA) is 51.4 Å². The Morgan fingerprint density at radius 1 is 1.15 bits per heavy atom. The zero-order valence-electron chi connectivity index (χ0n) is 11.9. The lowest BCUT2D eigenvalue weighted by Crippen LogP contribution is -2.38. The summed E-state index contributed by atoms with van der Waals surface area (Å²) in [5, 5.41) is 4.09. The van der Waals surface area contributed by atoms with Gasteiger partial charge in [0, 0.05) is 18.7 Å². The molecule has 0 spiro atoms. The van der Waals surface area contributed by atoms with Crippen LogP contribution in [0.2, 0.25) is 0 Å². The third kappa shape index (κ3) is 2.73.